The summed E-state index contributed by atoms with van der Waals surface area (Å²) >= 11 is 3.46. The lowest BCUT2D eigenvalue weighted by Gasteiger charge is -2.17. The van der Waals surface area contributed by atoms with Crippen molar-refractivity contribution >= 4 is 34.2 Å². The molecule has 6 heteroatoms. The largest absolute Gasteiger partial charge is 0.385 e. The van der Waals surface area contributed by atoms with E-state index in [0.29, 0.717) is 13.2 Å². The van der Waals surface area contributed by atoms with Gasteiger partial charge in [0.1, 0.15) is 0 Å². The van der Waals surface area contributed by atoms with Gasteiger partial charge < -0.3 is 15.4 Å². The van der Waals surface area contributed by atoms with E-state index in [2.05, 4.69) is 32.6 Å². The molecule has 0 radical (unpaired) electrons. The number of hydrogen-bond acceptors (Lipinski definition) is 3. The molecule has 2 N–H and O–H groups in total. The smallest absolute Gasteiger partial charge is 0.223 e. The Kier molecular flexibility index (Phi) is 11.6. The van der Waals surface area contributed by atoms with Gasteiger partial charge in [-0.1, -0.05) is 28.1 Å². The number of amides is 1. The van der Waals surface area contributed by atoms with Crippen molar-refractivity contribution in [3.05, 3.63) is 34.3 Å². The fourth-order valence-electron chi connectivity index (χ4n) is 1.99. The molecule has 1 aromatic carbocycles. The summed E-state index contributed by atoms with van der Waals surface area (Å²) in [7, 11) is 3.53. The molecule has 0 saturated heterocycles. The minimum absolute atomic E-state index is 0. The summed E-state index contributed by atoms with van der Waals surface area (Å²) in [4.78, 5) is 12.2. The van der Waals surface area contributed by atoms with Crippen LogP contribution >= 0.6 is 28.3 Å². The summed E-state index contributed by atoms with van der Waals surface area (Å²) in [5.74, 6) is 0.0402. The van der Waals surface area contributed by atoms with Gasteiger partial charge in [-0.15, -0.1) is 12.4 Å². The zero-order valence-electron chi connectivity index (χ0n) is 12.5. The van der Waals surface area contributed by atoms with Crippen molar-refractivity contribution in [2.24, 2.45) is 5.92 Å². The van der Waals surface area contributed by atoms with Crippen LogP contribution in [-0.2, 0) is 16.0 Å². The first-order chi connectivity index (χ1) is 9.67. The van der Waals surface area contributed by atoms with E-state index in [1.807, 2.05) is 25.2 Å². The van der Waals surface area contributed by atoms with Crippen LogP contribution in [0.1, 0.15) is 12.0 Å². The Hall–Kier alpha value is -0.620. The Balaban J connectivity index is 0.00000400. The van der Waals surface area contributed by atoms with E-state index in [0.717, 1.165) is 29.4 Å². The van der Waals surface area contributed by atoms with Crippen molar-refractivity contribution in [2.75, 3.05) is 33.9 Å². The number of carbonyl (C=O) groups excluding carboxylic acids is 1. The number of ether oxygens (including phenoxy) is 1. The fourth-order valence-corrected chi connectivity index (χ4v) is 2.44. The third-order valence-electron chi connectivity index (χ3n) is 3.09. The van der Waals surface area contributed by atoms with Crippen molar-refractivity contribution in [2.45, 2.75) is 12.8 Å². The van der Waals surface area contributed by atoms with Crippen LogP contribution in [0, 0.1) is 5.92 Å². The van der Waals surface area contributed by atoms with E-state index in [4.69, 9.17) is 4.74 Å². The van der Waals surface area contributed by atoms with Gasteiger partial charge in [-0.3, -0.25) is 4.79 Å². The molecule has 0 aliphatic rings. The maximum Gasteiger partial charge on any atom is 0.223 e. The van der Waals surface area contributed by atoms with Crippen molar-refractivity contribution in [3.8, 4) is 0 Å². The first-order valence-electron chi connectivity index (χ1n) is 6.83. The molecule has 1 rings (SSSR count). The summed E-state index contributed by atoms with van der Waals surface area (Å²) < 4.78 is 6.15. The Morgan fingerprint density at radius 1 is 1.38 bits per heavy atom. The van der Waals surface area contributed by atoms with Gasteiger partial charge in [0.25, 0.3) is 0 Å². The summed E-state index contributed by atoms with van der Waals surface area (Å²) in [5, 5.41) is 5.98. The van der Waals surface area contributed by atoms with Gasteiger partial charge in [-0.2, -0.15) is 0 Å². The Labute approximate surface area is 141 Å². The van der Waals surface area contributed by atoms with Crippen LogP contribution in [0.5, 0.6) is 0 Å². The molecular formula is C15H24BrClN2O2. The second-order valence-electron chi connectivity index (χ2n) is 4.71. The van der Waals surface area contributed by atoms with Gasteiger partial charge in [-0.05, 0) is 37.6 Å². The third-order valence-corrected chi connectivity index (χ3v) is 3.58. The van der Waals surface area contributed by atoms with E-state index >= 15 is 0 Å². The quantitative estimate of drug-likeness (QED) is 0.648. The van der Waals surface area contributed by atoms with Crippen LogP contribution in [0.2, 0.25) is 0 Å². The molecule has 0 saturated carbocycles. The van der Waals surface area contributed by atoms with Crippen molar-refractivity contribution in [1.82, 2.24) is 10.6 Å². The first-order valence-corrected chi connectivity index (χ1v) is 7.62. The normalized spacial score (nSPS) is 11.6. The standard InChI is InChI=1S/C15H23BrN2O2.ClH/c1-17-7-8-18-15(19)13(6-9-20-2)10-12-4-3-5-14(16)11-12;/h3-5,11,13,17H,6-10H2,1-2H3,(H,18,19);1H. The van der Waals surface area contributed by atoms with E-state index in [-0.39, 0.29) is 24.2 Å². The van der Waals surface area contributed by atoms with Crippen molar-refractivity contribution < 1.29 is 9.53 Å². The second kappa shape index (κ2) is 12.0. The van der Waals surface area contributed by atoms with Crippen molar-refractivity contribution in [1.29, 1.82) is 0 Å². The van der Waals surface area contributed by atoms with Gasteiger partial charge >= 0.3 is 0 Å². The molecule has 4 nitrogen and oxygen atoms in total. The zero-order chi connectivity index (χ0) is 14.8. The lowest BCUT2D eigenvalue weighted by molar-refractivity contribution is -0.125. The fraction of sp³-hybridized carbons (Fsp3) is 0.533. The number of rotatable bonds is 9. The van der Waals surface area contributed by atoms with E-state index in [9.17, 15) is 4.79 Å². The maximum absolute atomic E-state index is 12.2. The van der Waals surface area contributed by atoms with Gasteiger partial charge in [0.2, 0.25) is 5.91 Å². The third kappa shape index (κ3) is 8.41. The zero-order valence-corrected chi connectivity index (χ0v) is 14.9. The van der Waals surface area contributed by atoms with Gasteiger partial charge in [0.05, 0.1) is 0 Å². The Bertz CT molecular complexity index is 418. The SMILES string of the molecule is CNCCNC(=O)C(CCOC)Cc1cccc(Br)c1.Cl. The van der Waals surface area contributed by atoms with Gasteiger partial charge in [-0.25, -0.2) is 0 Å². The predicted molar refractivity (Wildman–Crippen MR) is 92.0 cm³/mol. The topological polar surface area (TPSA) is 50.4 Å². The van der Waals surface area contributed by atoms with E-state index in [1.54, 1.807) is 7.11 Å². The first kappa shape index (κ1) is 20.4. The van der Waals surface area contributed by atoms with Crippen LogP contribution in [-0.4, -0.2) is 39.8 Å². The van der Waals surface area contributed by atoms with Crippen LogP contribution in [0.4, 0.5) is 0 Å². The lowest BCUT2D eigenvalue weighted by Crippen LogP contribution is -2.36. The molecule has 0 bridgehead atoms. The van der Waals surface area contributed by atoms with Crippen molar-refractivity contribution in [3.63, 3.8) is 0 Å². The summed E-state index contributed by atoms with van der Waals surface area (Å²) in [5.41, 5.74) is 1.16. The lowest BCUT2D eigenvalue weighted by atomic mass is 9.95. The highest BCUT2D eigenvalue weighted by atomic mass is 79.9. The van der Waals surface area contributed by atoms with E-state index < -0.39 is 0 Å². The second-order valence-corrected chi connectivity index (χ2v) is 5.62. The maximum atomic E-state index is 12.2. The van der Waals surface area contributed by atoms with Crippen LogP contribution in [0.3, 0.4) is 0 Å². The average Bonchev–Trinajstić information content (AvgIpc) is 2.43. The molecule has 1 aromatic rings. The highest BCUT2D eigenvalue weighted by Gasteiger charge is 2.18. The number of carbonyl (C=O) groups is 1. The number of nitrogens with one attached hydrogen (secondary N) is 2. The predicted octanol–water partition coefficient (Wildman–Crippen LogP) is 2.40. The van der Waals surface area contributed by atoms with Crippen LogP contribution < -0.4 is 10.6 Å². The molecule has 0 aliphatic heterocycles. The molecule has 0 aliphatic carbocycles. The molecule has 120 valence electrons. The average molecular weight is 380 g/mol. The van der Waals surface area contributed by atoms with Crippen LogP contribution in [0.15, 0.2) is 28.7 Å². The molecule has 1 unspecified atom stereocenters. The number of likely N-dealkylation sites (N-methyl/N-ethyl adjacent to an activating group) is 1. The molecule has 0 fully saturated rings. The monoisotopic (exact) mass is 378 g/mol. The molecule has 0 spiro atoms. The molecule has 0 heterocycles. The highest BCUT2D eigenvalue weighted by Crippen LogP contribution is 2.17. The minimum atomic E-state index is -0.0545. The van der Waals surface area contributed by atoms with Crippen LogP contribution in [0.25, 0.3) is 0 Å². The van der Waals surface area contributed by atoms with E-state index in [1.165, 1.54) is 0 Å². The summed E-state index contributed by atoms with van der Waals surface area (Å²) in [6.07, 6.45) is 1.46. The number of halogens is 2. The molecule has 1 amide bonds. The number of hydrogen-bond donors (Lipinski definition) is 2. The van der Waals surface area contributed by atoms with Gasteiger partial charge in [0, 0.05) is 37.2 Å². The molecule has 21 heavy (non-hydrogen) atoms. The molecular weight excluding hydrogens is 356 g/mol. The minimum Gasteiger partial charge on any atom is -0.385 e. The Morgan fingerprint density at radius 2 is 2.14 bits per heavy atom. The van der Waals surface area contributed by atoms with Gasteiger partial charge in [0.15, 0.2) is 0 Å². The summed E-state index contributed by atoms with van der Waals surface area (Å²) in [6, 6.07) is 8.08. The Morgan fingerprint density at radius 3 is 2.76 bits per heavy atom. The number of benzene rings is 1. The summed E-state index contributed by atoms with van der Waals surface area (Å²) in [6.45, 7) is 2.02. The molecule has 0 aromatic heterocycles. The highest BCUT2D eigenvalue weighted by molar-refractivity contribution is 9.10. The number of methoxy groups -OCH3 is 1. The molecule has 1 atom stereocenters.